The van der Waals surface area contributed by atoms with Gasteiger partial charge in [0, 0.05) is 17.5 Å². The van der Waals surface area contributed by atoms with Gasteiger partial charge < -0.3 is 19.6 Å². The second-order valence-electron chi connectivity index (χ2n) is 8.65. The van der Waals surface area contributed by atoms with Crippen LogP contribution >= 0.6 is 0 Å². The fourth-order valence-electron chi connectivity index (χ4n) is 3.76. The zero-order valence-electron chi connectivity index (χ0n) is 17.1. The minimum Gasteiger partial charge on any atom is -0.464 e. The third-order valence-electron chi connectivity index (χ3n) is 5.09. The van der Waals surface area contributed by atoms with E-state index < -0.39 is 11.7 Å². The molecule has 0 spiro atoms. The smallest absolute Gasteiger partial charge is 0.407 e. The van der Waals surface area contributed by atoms with Crippen molar-refractivity contribution in [1.29, 1.82) is 0 Å². The van der Waals surface area contributed by atoms with E-state index in [2.05, 4.69) is 5.32 Å². The van der Waals surface area contributed by atoms with Gasteiger partial charge in [0.15, 0.2) is 0 Å². The van der Waals surface area contributed by atoms with Crippen molar-refractivity contribution in [1.82, 2.24) is 5.32 Å². The number of furan rings is 1. The fourth-order valence-corrected chi connectivity index (χ4v) is 3.76. The molecule has 29 heavy (non-hydrogen) atoms. The van der Waals surface area contributed by atoms with E-state index in [9.17, 15) is 9.90 Å². The van der Waals surface area contributed by atoms with Gasteiger partial charge in [0.05, 0.1) is 12.9 Å². The highest BCUT2D eigenvalue weighted by molar-refractivity contribution is 5.96. The highest BCUT2D eigenvalue weighted by atomic mass is 16.6. The Bertz CT molecular complexity index is 1040. The normalized spacial score (nSPS) is 14.2. The molecule has 2 aromatic carbocycles. The van der Waals surface area contributed by atoms with Gasteiger partial charge >= 0.3 is 6.09 Å². The molecule has 0 radical (unpaired) electrons. The lowest BCUT2D eigenvalue weighted by Crippen LogP contribution is -2.32. The molecule has 1 saturated carbocycles. The van der Waals surface area contributed by atoms with Gasteiger partial charge in [-0.3, -0.25) is 0 Å². The Kier molecular flexibility index (Phi) is 5.09. The average molecular weight is 393 g/mol. The molecule has 1 fully saturated rings. The maximum atomic E-state index is 11.9. The second-order valence-corrected chi connectivity index (χ2v) is 8.65. The molecule has 1 amide bonds. The summed E-state index contributed by atoms with van der Waals surface area (Å²) in [5.41, 5.74) is 5.42. The predicted molar refractivity (Wildman–Crippen MR) is 113 cm³/mol. The number of benzene rings is 2. The molecular weight excluding hydrogens is 366 g/mol. The second kappa shape index (κ2) is 7.56. The highest BCUT2D eigenvalue weighted by Crippen LogP contribution is 2.47. The monoisotopic (exact) mass is 393 g/mol. The fraction of sp³-hybridized carbons (Fsp3) is 0.375. The van der Waals surface area contributed by atoms with Crippen LogP contribution in [0.25, 0.3) is 22.1 Å². The van der Waals surface area contributed by atoms with E-state index in [1.54, 1.807) is 6.26 Å². The zero-order chi connectivity index (χ0) is 20.6. The molecule has 2 N–H and O–H groups in total. The Morgan fingerprint density at radius 2 is 2.03 bits per heavy atom. The van der Waals surface area contributed by atoms with Crippen molar-refractivity contribution in [3.63, 3.8) is 0 Å². The average Bonchev–Trinajstić information content (AvgIpc) is 3.39. The predicted octanol–water partition coefficient (Wildman–Crippen LogP) is 5.49. The minimum atomic E-state index is -0.527. The van der Waals surface area contributed by atoms with Crippen molar-refractivity contribution < 1.29 is 19.1 Å². The van der Waals surface area contributed by atoms with Crippen molar-refractivity contribution in [2.24, 2.45) is 0 Å². The lowest BCUT2D eigenvalue weighted by Gasteiger charge is -2.19. The minimum absolute atomic E-state index is 0.0137. The number of fused-ring (bicyclic) bond motifs is 1. The molecule has 0 bridgehead atoms. The van der Waals surface area contributed by atoms with Crippen molar-refractivity contribution in [3.05, 3.63) is 59.4 Å². The van der Waals surface area contributed by atoms with Gasteiger partial charge in [0.2, 0.25) is 0 Å². The topological polar surface area (TPSA) is 71.7 Å². The van der Waals surface area contributed by atoms with Crippen molar-refractivity contribution in [3.8, 4) is 11.1 Å². The molecule has 1 aliphatic rings. The van der Waals surface area contributed by atoms with Crippen LogP contribution in [0.5, 0.6) is 0 Å². The first-order valence-electron chi connectivity index (χ1n) is 10.1. The molecule has 1 heterocycles. The standard InChI is InChI=1S/C24H27NO4/c1-24(2,3)29-23(27)25-13-15-5-4-6-17(11-15)20-12-18(14-26)21(16-7-8-16)19-9-10-28-22(19)20/h4-6,9-12,16,26H,7-8,13-14H2,1-3H3,(H,25,27). The van der Waals surface area contributed by atoms with E-state index in [4.69, 9.17) is 9.15 Å². The van der Waals surface area contributed by atoms with E-state index >= 15 is 0 Å². The number of alkyl carbamates (subject to hydrolysis) is 1. The van der Waals surface area contributed by atoms with E-state index in [1.165, 1.54) is 18.4 Å². The number of rotatable bonds is 5. The molecule has 1 aromatic heterocycles. The van der Waals surface area contributed by atoms with E-state index in [1.807, 2.05) is 57.2 Å². The van der Waals surface area contributed by atoms with Crippen LogP contribution in [0.3, 0.4) is 0 Å². The van der Waals surface area contributed by atoms with Gasteiger partial charge in [-0.2, -0.15) is 0 Å². The first-order valence-corrected chi connectivity index (χ1v) is 10.1. The number of hydrogen-bond acceptors (Lipinski definition) is 4. The van der Waals surface area contributed by atoms with E-state index in [0.29, 0.717) is 12.5 Å². The Morgan fingerprint density at radius 1 is 1.24 bits per heavy atom. The number of carbonyl (C=O) groups is 1. The molecule has 152 valence electrons. The van der Waals surface area contributed by atoms with Crippen LogP contribution in [0.15, 0.2) is 47.1 Å². The zero-order valence-corrected chi connectivity index (χ0v) is 17.1. The summed E-state index contributed by atoms with van der Waals surface area (Å²) < 4.78 is 11.1. The van der Waals surface area contributed by atoms with E-state index in [0.717, 1.165) is 33.2 Å². The van der Waals surface area contributed by atoms with Crippen molar-refractivity contribution >= 4 is 17.1 Å². The van der Waals surface area contributed by atoms with Crippen molar-refractivity contribution in [2.75, 3.05) is 0 Å². The van der Waals surface area contributed by atoms with E-state index in [-0.39, 0.29) is 6.61 Å². The molecule has 0 unspecified atom stereocenters. The van der Waals surface area contributed by atoms with Crippen LogP contribution in [0, 0.1) is 0 Å². The molecular formula is C24H27NO4. The van der Waals surface area contributed by atoms with Gasteiger partial charge in [0.25, 0.3) is 0 Å². The molecule has 1 aliphatic carbocycles. The van der Waals surface area contributed by atoms with Crippen molar-refractivity contribution in [2.45, 2.75) is 58.3 Å². The van der Waals surface area contributed by atoms with Gasteiger partial charge in [-0.1, -0.05) is 18.2 Å². The summed E-state index contributed by atoms with van der Waals surface area (Å²) in [6.45, 7) is 5.90. The van der Waals surface area contributed by atoms with Crippen LogP contribution in [-0.2, 0) is 17.9 Å². The molecule has 5 heteroatoms. The number of amides is 1. The first kappa shape index (κ1) is 19.5. The Hall–Kier alpha value is -2.79. The summed E-state index contributed by atoms with van der Waals surface area (Å²) in [4.78, 5) is 11.9. The summed E-state index contributed by atoms with van der Waals surface area (Å²) in [5, 5.41) is 13.8. The van der Waals surface area contributed by atoms with Crippen LogP contribution in [-0.4, -0.2) is 16.8 Å². The quantitative estimate of drug-likeness (QED) is 0.601. The largest absolute Gasteiger partial charge is 0.464 e. The number of aliphatic hydroxyl groups excluding tert-OH is 1. The molecule has 5 nitrogen and oxygen atoms in total. The summed E-state index contributed by atoms with van der Waals surface area (Å²) in [6.07, 6.45) is 3.61. The van der Waals surface area contributed by atoms with Gasteiger partial charge in [-0.05, 0) is 80.0 Å². The van der Waals surface area contributed by atoms with Crippen LogP contribution in [0.2, 0.25) is 0 Å². The number of aliphatic hydroxyl groups is 1. The lowest BCUT2D eigenvalue weighted by atomic mass is 9.93. The summed E-state index contributed by atoms with van der Waals surface area (Å²) in [6, 6.07) is 12.0. The molecule has 0 atom stereocenters. The summed E-state index contributed by atoms with van der Waals surface area (Å²) in [5.74, 6) is 0.524. The van der Waals surface area contributed by atoms with Crippen LogP contribution in [0.4, 0.5) is 4.79 Å². The maximum absolute atomic E-state index is 11.9. The summed E-state index contributed by atoms with van der Waals surface area (Å²) in [7, 11) is 0. The third-order valence-corrected chi connectivity index (χ3v) is 5.09. The van der Waals surface area contributed by atoms with Gasteiger partial charge in [-0.25, -0.2) is 4.79 Å². The highest BCUT2D eigenvalue weighted by Gasteiger charge is 2.29. The Labute approximate surface area is 170 Å². The van der Waals surface area contributed by atoms with Gasteiger partial charge in [-0.15, -0.1) is 0 Å². The maximum Gasteiger partial charge on any atom is 0.407 e. The van der Waals surface area contributed by atoms with Crippen LogP contribution in [0.1, 0.15) is 56.2 Å². The number of ether oxygens (including phenoxy) is 1. The lowest BCUT2D eigenvalue weighted by molar-refractivity contribution is 0.0523. The molecule has 3 aromatic rings. The molecule has 0 saturated heterocycles. The van der Waals surface area contributed by atoms with Gasteiger partial charge in [0.1, 0.15) is 11.2 Å². The number of hydrogen-bond donors (Lipinski definition) is 2. The van der Waals surface area contributed by atoms with Crippen LogP contribution < -0.4 is 5.32 Å². The first-order chi connectivity index (χ1) is 13.9. The Balaban J connectivity index is 1.63. The Morgan fingerprint density at radius 3 is 2.72 bits per heavy atom. The summed E-state index contributed by atoms with van der Waals surface area (Å²) >= 11 is 0. The number of nitrogens with one attached hydrogen (secondary N) is 1. The third kappa shape index (κ3) is 4.30. The molecule has 0 aliphatic heterocycles. The SMILES string of the molecule is CC(C)(C)OC(=O)NCc1cccc(-c2cc(CO)c(C3CC3)c3ccoc23)c1. The molecule has 4 rings (SSSR count). The number of carbonyl (C=O) groups excluding carboxylic acids is 1.